The van der Waals surface area contributed by atoms with Gasteiger partial charge in [-0.15, -0.1) is 0 Å². The lowest BCUT2D eigenvalue weighted by Crippen LogP contribution is -2.27. The lowest BCUT2D eigenvalue weighted by atomic mass is 9.86. The number of carbonyl (C=O) groups is 1. The van der Waals surface area contributed by atoms with E-state index in [0.29, 0.717) is 16.9 Å². The van der Waals surface area contributed by atoms with E-state index in [4.69, 9.17) is 0 Å². The molecule has 126 valence electrons. The number of sulfonamides is 1. The van der Waals surface area contributed by atoms with Crippen molar-refractivity contribution in [3.8, 4) is 0 Å². The Balaban J connectivity index is 1.97. The van der Waals surface area contributed by atoms with Crippen LogP contribution in [-0.2, 0) is 26.7 Å². The summed E-state index contributed by atoms with van der Waals surface area (Å²) in [6.07, 6.45) is 0.830. The lowest BCUT2D eigenvalue weighted by Gasteiger charge is -2.16. The summed E-state index contributed by atoms with van der Waals surface area (Å²) < 4.78 is 28.0. The molecule has 0 saturated carbocycles. The van der Waals surface area contributed by atoms with Crippen LogP contribution in [0.2, 0.25) is 0 Å². The Morgan fingerprint density at radius 3 is 2.58 bits per heavy atom. The highest BCUT2D eigenvalue weighted by Crippen LogP contribution is 2.38. The molecule has 5 nitrogen and oxygen atoms in total. The minimum Gasteiger partial charge on any atom is -0.325 e. The summed E-state index contributed by atoms with van der Waals surface area (Å²) in [5.41, 5.74) is 2.20. The SMILES string of the molecule is CCc1cccc(NS(=O)(=O)c2ccc3c(c2)C(C)(C)C(=O)N3)c1. The van der Waals surface area contributed by atoms with Crippen LogP contribution >= 0.6 is 0 Å². The summed E-state index contributed by atoms with van der Waals surface area (Å²) in [5.74, 6) is -0.129. The average Bonchev–Trinajstić information content (AvgIpc) is 2.76. The number of hydrogen-bond donors (Lipinski definition) is 2. The van der Waals surface area contributed by atoms with Crippen molar-refractivity contribution in [1.29, 1.82) is 0 Å². The topological polar surface area (TPSA) is 75.3 Å². The molecule has 1 aliphatic heterocycles. The van der Waals surface area contributed by atoms with Gasteiger partial charge in [0.15, 0.2) is 0 Å². The van der Waals surface area contributed by atoms with E-state index in [1.165, 1.54) is 6.07 Å². The van der Waals surface area contributed by atoms with Crippen molar-refractivity contribution in [3.05, 3.63) is 53.6 Å². The number of amides is 1. The van der Waals surface area contributed by atoms with Gasteiger partial charge >= 0.3 is 0 Å². The first kappa shape index (κ1) is 16.5. The zero-order chi connectivity index (χ0) is 17.5. The van der Waals surface area contributed by atoms with Crippen LogP contribution in [0.25, 0.3) is 0 Å². The normalized spacial score (nSPS) is 15.7. The van der Waals surface area contributed by atoms with Gasteiger partial charge in [-0.05, 0) is 61.7 Å². The van der Waals surface area contributed by atoms with Crippen LogP contribution in [0.5, 0.6) is 0 Å². The van der Waals surface area contributed by atoms with Crippen molar-refractivity contribution in [3.63, 3.8) is 0 Å². The first-order valence-corrected chi connectivity index (χ1v) is 9.30. The third-order valence-electron chi connectivity index (χ3n) is 4.38. The third kappa shape index (κ3) is 2.78. The van der Waals surface area contributed by atoms with Gasteiger partial charge in [0.1, 0.15) is 0 Å². The highest BCUT2D eigenvalue weighted by Gasteiger charge is 2.39. The van der Waals surface area contributed by atoms with Crippen molar-refractivity contribution in [2.75, 3.05) is 10.0 Å². The summed E-state index contributed by atoms with van der Waals surface area (Å²) in [7, 11) is -3.72. The molecule has 1 amide bonds. The number of aryl methyl sites for hydroxylation is 1. The van der Waals surface area contributed by atoms with Crippen LogP contribution < -0.4 is 10.0 Å². The zero-order valence-corrected chi connectivity index (χ0v) is 14.7. The van der Waals surface area contributed by atoms with Crippen LogP contribution in [0.15, 0.2) is 47.4 Å². The largest absolute Gasteiger partial charge is 0.325 e. The molecular weight excluding hydrogens is 324 g/mol. The molecule has 1 heterocycles. The van der Waals surface area contributed by atoms with E-state index < -0.39 is 15.4 Å². The van der Waals surface area contributed by atoms with Crippen LogP contribution in [0, 0.1) is 0 Å². The van der Waals surface area contributed by atoms with Crippen molar-refractivity contribution in [2.24, 2.45) is 0 Å². The molecule has 0 spiro atoms. The third-order valence-corrected chi connectivity index (χ3v) is 5.76. The zero-order valence-electron chi connectivity index (χ0n) is 13.9. The predicted molar refractivity (Wildman–Crippen MR) is 94.7 cm³/mol. The Hall–Kier alpha value is -2.34. The van der Waals surface area contributed by atoms with E-state index in [0.717, 1.165) is 12.0 Å². The van der Waals surface area contributed by atoms with Gasteiger partial charge in [0.2, 0.25) is 5.91 Å². The Morgan fingerprint density at radius 1 is 1.12 bits per heavy atom. The second-order valence-corrected chi connectivity index (χ2v) is 8.13. The van der Waals surface area contributed by atoms with E-state index in [1.54, 1.807) is 32.0 Å². The Labute approximate surface area is 142 Å². The van der Waals surface area contributed by atoms with E-state index >= 15 is 0 Å². The lowest BCUT2D eigenvalue weighted by molar-refractivity contribution is -0.119. The molecule has 3 rings (SSSR count). The van der Waals surface area contributed by atoms with Crippen molar-refractivity contribution in [2.45, 2.75) is 37.5 Å². The quantitative estimate of drug-likeness (QED) is 0.894. The summed E-state index contributed by atoms with van der Waals surface area (Å²) >= 11 is 0. The molecule has 0 saturated heterocycles. The van der Waals surface area contributed by atoms with Crippen LogP contribution in [0.4, 0.5) is 11.4 Å². The first-order chi connectivity index (χ1) is 11.2. The van der Waals surface area contributed by atoms with Crippen molar-refractivity contribution < 1.29 is 13.2 Å². The Kier molecular flexibility index (Phi) is 3.87. The summed E-state index contributed by atoms with van der Waals surface area (Å²) in [6, 6.07) is 12.0. The molecule has 2 N–H and O–H groups in total. The maximum atomic E-state index is 12.7. The molecule has 24 heavy (non-hydrogen) atoms. The molecule has 0 aromatic heterocycles. The first-order valence-electron chi connectivity index (χ1n) is 7.82. The van der Waals surface area contributed by atoms with E-state index in [9.17, 15) is 13.2 Å². The number of benzene rings is 2. The van der Waals surface area contributed by atoms with E-state index in [-0.39, 0.29) is 10.8 Å². The van der Waals surface area contributed by atoms with Crippen molar-refractivity contribution >= 4 is 27.3 Å². The molecule has 0 aliphatic carbocycles. The molecule has 2 aromatic rings. The van der Waals surface area contributed by atoms with Gasteiger partial charge < -0.3 is 5.32 Å². The number of rotatable bonds is 4. The standard InChI is InChI=1S/C18H20N2O3S/c1-4-12-6-5-7-13(10-12)20-24(22,23)14-8-9-16-15(11-14)18(2,3)17(21)19-16/h5-11,20H,4H2,1-3H3,(H,19,21). The molecule has 6 heteroatoms. The molecule has 1 aliphatic rings. The number of nitrogens with one attached hydrogen (secondary N) is 2. The van der Waals surface area contributed by atoms with Gasteiger partial charge in [-0.2, -0.15) is 0 Å². The van der Waals surface area contributed by atoms with Crippen LogP contribution in [-0.4, -0.2) is 14.3 Å². The Morgan fingerprint density at radius 2 is 1.88 bits per heavy atom. The highest BCUT2D eigenvalue weighted by atomic mass is 32.2. The monoisotopic (exact) mass is 344 g/mol. The molecule has 0 unspecified atom stereocenters. The van der Waals surface area contributed by atoms with E-state index in [1.807, 2.05) is 25.1 Å². The second-order valence-electron chi connectivity index (χ2n) is 6.45. The van der Waals surface area contributed by atoms with E-state index in [2.05, 4.69) is 10.0 Å². The fraction of sp³-hybridized carbons (Fsp3) is 0.278. The van der Waals surface area contributed by atoms with Crippen LogP contribution in [0.3, 0.4) is 0 Å². The molecular formula is C18H20N2O3S. The van der Waals surface area contributed by atoms with Crippen LogP contribution in [0.1, 0.15) is 31.9 Å². The summed E-state index contributed by atoms with van der Waals surface area (Å²) in [5, 5.41) is 2.78. The smallest absolute Gasteiger partial charge is 0.261 e. The van der Waals surface area contributed by atoms with Gasteiger partial charge in [-0.3, -0.25) is 9.52 Å². The van der Waals surface area contributed by atoms with Gasteiger partial charge in [0.25, 0.3) is 10.0 Å². The Bertz CT molecular complexity index is 918. The van der Waals surface area contributed by atoms with Gasteiger partial charge in [-0.1, -0.05) is 19.1 Å². The minimum atomic E-state index is -3.72. The summed E-state index contributed by atoms with van der Waals surface area (Å²) in [6.45, 7) is 5.58. The molecule has 2 aromatic carbocycles. The highest BCUT2D eigenvalue weighted by molar-refractivity contribution is 7.92. The maximum Gasteiger partial charge on any atom is 0.261 e. The van der Waals surface area contributed by atoms with Gasteiger partial charge in [0.05, 0.1) is 10.3 Å². The molecule has 0 radical (unpaired) electrons. The number of anilines is 2. The number of carbonyl (C=O) groups excluding carboxylic acids is 1. The fourth-order valence-electron chi connectivity index (χ4n) is 2.79. The molecule has 0 fully saturated rings. The van der Waals surface area contributed by atoms with Gasteiger partial charge in [0, 0.05) is 11.4 Å². The number of hydrogen-bond acceptors (Lipinski definition) is 3. The predicted octanol–water partition coefficient (Wildman–Crippen LogP) is 3.28. The summed E-state index contributed by atoms with van der Waals surface area (Å²) in [4.78, 5) is 12.1. The molecule has 0 bridgehead atoms. The average molecular weight is 344 g/mol. The minimum absolute atomic E-state index is 0.129. The van der Waals surface area contributed by atoms with Crippen molar-refractivity contribution in [1.82, 2.24) is 0 Å². The maximum absolute atomic E-state index is 12.7. The number of fused-ring (bicyclic) bond motifs is 1. The fourth-order valence-corrected chi connectivity index (χ4v) is 3.86. The van der Waals surface area contributed by atoms with Gasteiger partial charge in [-0.25, -0.2) is 8.42 Å². The molecule has 0 atom stereocenters. The second kappa shape index (κ2) is 5.63.